The van der Waals surface area contributed by atoms with E-state index in [1.54, 1.807) is 7.11 Å². The van der Waals surface area contributed by atoms with E-state index in [2.05, 4.69) is 12.2 Å². The number of rotatable bonds is 6. The monoisotopic (exact) mass is 277 g/mol. The Hall–Kier alpha value is -1.22. The third-order valence-corrected chi connectivity index (χ3v) is 4.56. The first kappa shape index (κ1) is 15.2. The molecule has 0 saturated heterocycles. The van der Waals surface area contributed by atoms with Gasteiger partial charge in [-0.1, -0.05) is 19.8 Å². The number of ether oxygens (including phenoxy) is 1. The van der Waals surface area contributed by atoms with Crippen molar-refractivity contribution in [1.29, 1.82) is 0 Å². The van der Waals surface area contributed by atoms with Crippen molar-refractivity contribution in [3.05, 3.63) is 24.3 Å². The first-order valence-corrected chi connectivity index (χ1v) is 7.74. The average Bonchev–Trinajstić information content (AvgIpc) is 2.50. The van der Waals surface area contributed by atoms with Crippen molar-refractivity contribution >= 4 is 5.69 Å². The van der Waals surface area contributed by atoms with Gasteiger partial charge in [0.25, 0.3) is 0 Å². The first-order valence-electron chi connectivity index (χ1n) is 7.74. The molecule has 0 atom stereocenters. The highest BCUT2D eigenvalue weighted by atomic mass is 16.5. The van der Waals surface area contributed by atoms with Gasteiger partial charge >= 0.3 is 0 Å². The van der Waals surface area contributed by atoms with E-state index in [4.69, 9.17) is 4.74 Å². The Morgan fingerprint density at radius 3 is 2.40 bits per heavy atom. The minimum absolute atomic E-state index is 0.140. The zero-order valence-electron chi connectivity index (χ0n) is 12.7. The summed E-state index contributed by atoms with van der Waals surface area (Å²) in [4.78, 5) is 0. The maximum absolute atomic E-state index is 9.83. The summed E-state index contributed by atoms with van der Waals surface area (Å²) in [6.45, 7) is 2.46. The van der Waals surface area contributed by atoms with E-state index in [9.17, 15) is 5.11 Å². The molecular weight excluding hydrogens is 250 g/mol. The highest BCUT2D eigenvalue weighted by Gasteiger charge is 2.34. The molecule has 1 aromatic carbocycles. The molecule has 0 heterocycles. The molecule has 0 bridgehead atoms. The number of methoxy groups -OCH3 is 1. The predicted molar refractivity (Wildman–Crippen MR) is 83.3 cm³/mol. The minimum Gasteiger partial charge on any atom is -0.497 e. The van der Waals surface area contributed by atoms with Crippen molar-refractivity contribution in [2.45, 2.75) is 51.0 Å². The molecule has 1 aromatic rings. The number of nitrogens with one attached hydrogen (secondary N) is 1. The van der Waals surface area contributed by atoms with Gasteiger partial charge in [-0.2, -0.15) is 0 Å². The normalized spacial score (nSPS) is 26.2. The van der Waals surface area contributed by atoms with E-state index in [-0.39, 0.29) is 12.1 Å². The summed E-state index contributed by atoms with van der Waals surface area (Å²) < 4.78 is 5.17. The summed E-state index contributed by atoms with van der Waals surface area (Å²) in [7, 11) is 1.67. The van der Waals surface area contributed by atoms with E-state index in [0.29, 0.717) is 0 Å². The van der Waals surface area contributed by atoms with Crippen LogP contribution in [0.4, 0.5) is 5.69 Å². The molecule has 0 aromatic heterocycles. The van der Waals surface area contributed by atoms with Crippen molar-refractivity contribution in [3.8, 4) is 5.75 Å². The first-order chi connectivity index (χ1) is 9.71. The number of aliphatic hydroxyl groups excluding tert-OH is 1. The minimum atomic E-state index is -0.140. The second kappa shape index (κ2) is 6.98. The van der Waals surface area contributed by atoms with Gasteiger partial charge in [0.2, 0.25) is 0 Å². The van der Waals surface area contributed by atoms with Crippen LogP contribution >= 0.6 is 0 Å². The van der Waals surface area contributed by atoms with E-state index in [0.717, 1.165) is 30.2 Å². The number of hydrogen-bond donors (Lipinski definition) is 2. The maximum atomic E-state index is 9.83. The summed E-state index contributed by atoms with van der Waals surface area (Å²) in [6.07, 6.45) is 7.14. The molecule has 20 heavy (non-hydrogen) atoms. The molecule has 3 heteroatoms. The van der Waals surface area contributed by atoms with Gasteiger partial charge in [-0.3, -0.25) is 0 Å². The van der Waals surface area contributed by atoms with Crippen LogP contribution in [0.15, 0.2) is 24.3 Å². The quantitative estimate of drug-likeness (QED) is 0.830. The van der Waals surface area contributed by atoms with Crippen LogP contribution in [0.5, 0.6) is 5.75 Å². The van der Waals surface area contributed by atoms with Crippen molar-refractivity contribution < 1.29 is 9.84 Å². The summed E-state index contributed by atoms with van der Waals surface area (Å²) in [5.74, 6) is 1.71. The summed E-state index contributed by atoms with van der Waals surface area (Å²) in [6, 6.07) is 7.95. The lowest BCUT2D eigenvalue weighted by atomic mass is 9.75. The highest BCUT2D eigenvalue weighted by Crippen LogP contribution is 2.36. The second-order valence-electron chi connectivity index (χ2n) is 6.02. The SMILES string of the molecule is CCCC1CCC(CO)(Nc2ccc(OC)cc2)CC1. The number of anilines is 1. The van der Waals surface area contributed by atoms with Gasteiger partial charge in [-0.25, -0.2) is 0 Å². The molecule has 1 aliphatic carbocycles. The molecule has 0 unspecified atom stereocenters. The van der Waals surface area contributed by atoms with E-state index in [1.807, 2.05) is 24.3 Å². The summed E-state index contributed by atoms with van der Waals surface area (Å²) in [5.41, 5.74) is 0.924. The van der Waals surface area contributed by atoms with Crippen LogP contribution in [0.1, 0.15) is 45.4 Å². The van der Waals surface area contributed by atoms with Crippen LogP contribution in [0.2, 0.25) is 0 Å². The van der Waals surface area contributed by atoms with Gasteiger partial charge in [-0.15, -0.1) is 0 Å². The van der Waals surface area contributed by atoms with Gasteiger partial charge in [0, 0.05) is 5.69 Å². The molecule has 0 aliphatic heterocycles. The molecule has 0 radical (unpaired) electrons. The summed E-state index contributed by atoms with van der Waals surface area (Å²) in [5, 5.41) is 13.4. The molecule has 0 amide bonds. The van der Waals surface area contributed by atoms with Gasteiger partial charge in [0.15, 0.2) is 0 Å². The molecular formula is C17H27NO2. The van der Waals surface area contributed by atoms with Gasteiger partial charge in [0.05, 0.1) is 19.3 Å². The Kier molecular flexibility index (Phi) is 5.30. The fourth-order valence-corrected chi connectivity index (χ4v) is 3.23. The molecule has 2 N–H and O–H groups in total. The Labute approximate surface area is 122 Å². The van der Waals surface area contributed by atoms with Gasteiger partial charge in [0.1, 0.15) is 5.75 Å². The highest BCUT2D eigenvalue weighted by molar-refractivity contribution is 5.48. The van der Waals surface area contributed by atoms with Crippen LogP contribution in [-0.4, -0.2) is 24.4 Å². The molecule has 112 valence electrons. The summed E-state index contributed by atoms with van der Waals surface area (Å²) >= 11 is 0. The van der Waals surface area contributed by atoms with Crippen LogP contribution in [0.25, 0.3) is 0 Å². The van der Waals surface area contributed by atoms with Crippen LogP contribution < -0.4 is 10.1 Å². The molecule has 0 spiro atoms. The Morgan fingerprint density at radius 2 is 1.90 bits per heavy atom. The van der Waals surface area contributed by atoms with Crippen molar-refractivity contribution in [1.82, 2.24) is 0 Å². The van der Waals surface area contributed by atoms with Crippen molar-refractivity contribution in [2.24, 2.45) is 5.92 Å². The molecule has 1 saturated carbocycles. The topological polar surface area (TPSA) is 41.5 Å². The predicted octanol–water partition coefficient (Wildman–Crippen LogP) is 3.83. The zero-order chi connectivity index (χ0) is 14.4. The van der Waals surface area contributed by atoms with Gasteiger partial charge in [-0.05, 0) is 55.9 Å². The zero-order valence-corrected chi connectivity index (χ0v) is 12.7. The van der Waals surface area contributed by atoms with Gasteiger partial charge < -0.3 is 15.2 Å². The Balaban J connectivity index is 1.97. The fraction of sp³-hybridized carbons (Fsp3) is 0.647. The van der Waals surface area contributed by atoms with Crippen LogP contribution in [0.3, 0.4) is 0 Å². The van der Waals surface area contributed by atoms with Crippen LogP contribution in [0, 0.1) is 5.92 Å². The van der Waals surface area contributed by atoms with Crippen molar-refractivity contribution in [2.75, 3.05) is 19.0 Å². The van der Waals surface area contributed by atoms with Crippen molar-refractivity contribution in [3.63, 3.8) is 0 Å². The lowest BCUT2D eigenvalue weighted by Gasteiger charge is -2.40. The third kappa shape index (κ3) is 3.66. The maximum Gasteiger partial charge on any atom is 0.119 e. The fourth-order valence-electron chi connectivity index (χ4n) is 3.23. The third-order valence-electron chi connectivity index (χ3n) is 4.56. The average molecular weight is 277 g/mol. The Bertz CT molecular complexity index is 394. The van der Waals surface area contributed by atoms with E-state index in [1.165, 1.54) is 25.7 Å². The standard InChI is InChI=1S/C17H27NO2/c1-3-4-14-9-11-17(13-19,12-10-14)18-15-5-7-16(20-2)8-6-15/h5-8,14,18-19H,3-4,9-13H2,1-2H3. The lowest BCUT2D eigenvalue weighted by molar-refractivity contribution is 0.148. The van der Waals surface area contributed by atoms with Crippen LogP contribution in [-0.2, 0) is 0 Å². The lowest BCUT2D eigenvalue weighted by Crippen LogP contribution is -2.45. The largest absolute Gasteiger partial charge is 0.497 e. The molecule has 1 fully saturated rings. The van der Waals surface area contributed by atoms with E-state index >= 15 is 0 Å². The molecule has 3 nitrogen and oxygen atoms in total. The molecule has 2 rings (SSSR count). The second-order valence-corrected chi connectivity index (χ2v) is 6.02. The number of hydrogen-bond acceptors (Lipinski definition) is 3. The molecule has 1 aliphatic rings. The smallest absolute Gasteiger partial charge is 0.119 e. The Morgan fingerprint density at radius 1 is 1.25 bits per heavy atom. The number of benzene rings is 1. The number of aliphatic hydroxyl groups is 1. The van der Waals surface area contributed by atoms with E-state index < -0.39 is 0 Å².